The molecule has 1 aliphatic carbocycles. The van der Waals surface area contributed by atoms with Gasteiger partial charge >= 0.3 is 5.97 Å². The predicted molar refractivity (Wildman–Crippen MR) is 80.6 cm³/mol. The van der Waals surface area contributed by atoms with Crippen LogP contribution in [0, 0.1) is 11.7 Å². The Morgan fingerprint density at radius 1 is 1.38 bits per heavy atom. The van der Waals surface area contributed by atoms with Crippen LogP contribution >= 0.6 is 11.6 Å². The molecule has 0 spiro atoms. The fraction of sp³-hybridized carbons (Fsp3) is 0.562. The molecule has 0 heterocycles. The van der Waals surface area contributed by atoms with Gasteiger partial charge in [0.1, 0.15) is 5.82 Å². The van der Waals surface area contributed by atoms with Crippen molar-refractivity contribution < 1.29 is 13.9 Å². The zero-order valence-corrected chi connectivity index (χ0v) is 13.0. The van der Waals surface area contributed by atoms with Crippen molar-refractivity contribution in [1.29, 1.82) is 0 Å². The van der Waals surface area contributed by atoms with Gasteiger partial charge in [-0.1, -0.05) is 17.7 Å². The molecule has 0 unspecified atom stereocenters. The van der Waals surface area contributed by atoms with Crippen LogP contribution in [0.1, 0.15) is 38.2 Å². The molecular formula is C16H21ClFNO2. The first-order valence-corrected chi connectivity index (χ1v) is 7.82. The second kappa shape index (κ2) is 7.76. The van der Waals surface area contributed by atoms with Gasteiger partial charge in [-0.25, -0.2) is 4.39 Å². The zero-order chi connectivity index (χ0) is 15.2. The van der Waals surface area contributed by atoms with Gasteiger partial charge in [-0.15, -0.1) is 0 Å². The van der Waals surface area contributed by atoms with Crippen LogP contribution in [-0.4, -0.2) is 18.6 Å². The predicted octanol–water partition coefficient (Wildman–Crippen LogP) is 3.69. The van der Waals surface area contributed by atoms with Crippen LogP contribution in [0.5, 0.6) is 0 Å². The Labute approximate surface area is 129 Å². The fourth-order valence-corrected chi connectivity index (χ4v) is 2.87. The Morgan fingerprint density at radius 2 is 2.10 bits per heavy atom. The number of hydrogen-bond acceptors (Lipinski definition) is 3. The third-order valence-electron chi connectivity index (χ3n) is 3.94. The maximum absolute atomic E-state index is 13.7. The molecular weight excluding hydrogens is 293 g/mol. The topological polar surface area (TPSA) is 38.3 Å². The summed E-state index contributed by atoms with van der Waals surface area (Å²) in [6, 6.07) is 5.05. The molecule has 0 amide bonds. The van der Waals surface area contributed by atoms with Crippen molar-refractivity contribution in [2.24, 2.45) is 5.92 Å². The summed E-state index contributed by atoms with van der Waals surface area (Å²) in [4.78, 5) is 11.7. The van der Waals surface area contributed by atoms with Crippen LogP contribution in [-0.2, 0) is 16.1 Å². The molecule has 1 aromatic rings. The van der Waals surface area contributed by atoms with Gasteiger partial charge in [-0.3, -0.25) is 4.79 Å². The number of benzene rings is 1. The second-order valence-electron chi connectivity index (χ2n) is 5.42. The molecule has 1 N–H and O–H groups in total. The Balaban J connectivity index is 1.77. The number of esters is 1. The van der Waals surface area contributed by atoms with Gasteiger partial charge < -0.3 is 10.1 Å². The van der Waals surface area contributed by atoms with Gasteiger partial charge in [0.25, 0.3) is 0 Å². The van der Waals surface area contributed by atoms with Gasteiger partial charge in [0, 0.05) is 23.2 Å². The minimum Gasteiger partial charge on any atom is -0.466 e. The molecule has 0 saturated heterocycles. The Bertz CT molecular complexity index is 487. The number of carbonyl (C=O) groups is 1. The number of halogens is 2. The van der Waals surface area contributed by atoms with Crippen molar-refractivity contribution in [3.8, 4) is 0 Å². The minimum absolute atomic E-state index is 0.0234. The molecule has 0 aromatic heterocycles. The first-order valence-electron chi connectivity index (χ1n) is 7.44. The van der Waals surface area contributed by atoms with Crippen LogP contribution < -0.4 is 5.32 Å². The van der Waals surface area contributed by atoms with E-state index in [9.17, 15) is 9.18 Å². The van der Waals surface area contributed by atoms with Crippen molar-refractivity contribution in [2.45, 2.75) is 45.2 Å². The summed E-state index contributed by atoms with van der Waals surface area (Å²) in [6.45, 7) is 2.75. The van der Waals surface area contributed by atoms with Gasteiger partial charge in [-0.05, 0) is 44.7 Å². The average Bonchev–Trinajstić information content (AvgIpc) is 2.47. The van der Waals surface area contributed by atoms with E-state index in [0.29, 0.717) is 29.8 Å². The van der Waals surface area contributed by atoms with Crippen molar-refractivity contribution >= 4 is 17.6 Å². The quantitative estimate of drug-likeness (QED) is 0.843. The van der Waals surface area contributed by atoms with Gasteiger partial charge in [0.2, 0.25) is 0 Å². The first kappa shape index (κ1) is 16.2. The molecule has 2 rings (SSSR count). The van der Waals surface area contributed by atoms with Crippen molar-refractivity contribution in [3.63, 3.8) is 0 Å². The lowest BCUT2D eigenvalue weighted by Gasteiger charge is -2.28. The third-order valence-corrected chi connectivity index (χ3v) is 4.18. The molecule has 3 nitrogen and oxygen atoms in total. The monoisotopic (exact) mass is 313 g/mol. The van der Waals surface area contributed by atoms with Gasteiger partial charge in [-0.2, -0.15) is 0 Å². The molecule has 1 saturated carbocycles. The average molecular weight is 314 g/mol. The molecule has 0 bridgehead atoms. The zero-order valence-electron chi connectivity index (χ0n) is 12.2. The summed E-state index contributed by atoms with van der Waals surface area (Å²) >= 11 is 5.73. The summed E-state index contributed by atoms with van der Waals surface area (Å²) in [6.07, 6.45) is 3.50. The highest BCUT2D eigenvalue weighted by molar-refractivity contribution is 6.30. The highest BCUT2D eigenvalue weighted by Gasteiger charge is 2.26. The molecule has 5 heteroatoms. The smallest absolute Gasteiger partial charge is 0.308 e. The number of nitrogens with one attached hydrogen (secondary N) is 1. The number of hydrogen-bond donors (Lipinski definition) is 1. The normalized spacial score (nSPS) is 22.0. The minimum atomic E-state index is -0.282. The lowest BCUT2D eigenvalue weighted by molar-refractivity contribution is -0.149. The van der Waals surface area contributed by atoms with Crippen molar-refractivity contribution in [2.75, 3.05) is 6.61 Å². The first-order chi connectivity index (χ1) is 10.1. The largest absolute Gasteiger partial charge is 0.466 e. The lowest BCUT2D eigenvalue weighted by atomic mass is 9.86. The fourth-order valence-electron chi connectivity index (χ4n) is 2.71. The van der Waals surface area contributed by atoms with E-state index in [1.165, 1.54) is 6.07 Å². The second-order valence-corrected chi connectivity index (χ2v) is 5.85. The Morgan fingerprint density at radius 3 is 2.71 bits per heavy atom. The van der Waals surface area contributed by atoms with Gasteiger partial charge in [0.05, 0.1) is 12.5 Å². The van der Waals surface area contributed by atoms with Gasteiger partial charge in [0.15, 0.2) is 0 Å². The number of ether oxygens (including phenoxy) is 1. The van der Waals surface area contributed by atoms with Crippen LogP contribution in [0.2, 0.25) is 5.02 Å². The molecule has 1 aliphatic rings. The van der Waals surface area contributed by atoms with Crippen LogP contribution in [0.15, 0.2) is 18.2 Å². The molecule has 0 radical (unpaired) electrons. The summed E-state index contributed by atoms with van der Waals surface area (Å²) in [7, 11) is 0. The van der Waals surface area contributed by atoms with E-state index < -0.39 is 0 Å². The molecule has 1 fully saturated rings. The standard InChI is InChI=1S/C16H21ClFNO2/c1-2-21-16(20)11-4-7-14(8-5-11)19-10-12-3-6-13(17)9-15(12)18/h3,6,9,11,14,19H,2,4-5,7-8,10H2,1H3. The van der Waals surface area contributed by atoms with E-state index in [4.69, 9.17) is 16.3 Å². The van der Waals surface area contributed by atoms with E-state index in [1.54, 1.807) is 12.1 Å². The maximum atomic E-state index is 13.7. The van der Waals surface area contributed by atoms with Crippen LogP contribution in [0.3, 0.4) is 0 Å². The highest BCUT2D eigenvalue weighted by Crippen LogP contribution is 2.26. The van der Waals surface area contributed by atoms with E-state index in [-0.39, 0.29) is 17.7 Å². The van der Waals surface area contributed by atoms with Crippen LogP contribution in [0.25, 0.3) is 0 Å². The Hall–Kier alpha value is -1.13. The third kappa shape index (κ3) is 4.68. The summed E-state index contributed by atoms with van der Waals surface area (Å²) in [5.41, 5.74) is 0.618. The maximum Gasteiger partial charge on any atom is 0.308 e. The molecule has 1 aromatic carbocycles. The molecule has 0 aliphatic heterocycles. The number of carbonyl (C=O) groups excluding carboxylic acids is 1. The molecule has 116 valence electrons. The summed E-state index contributed by atoms with van der Waals surface area (Å²) < 4.78 is 18.7. The van der Waals surface area contributed by atoms with E-state index >= 15 is 0 Å². The summed E-state index contributed by atoms with van der Waals surface area (Å²) in [5.74, 6) is -0.342. The van der Waals surface area contributed by atoms with Crippen molar-refractivity contribution in [3.05, 3.63) is 34.6 Å². The van der Waals surface area contributed by atoms with Crippen LogP contribution in [0.4, 0.5) is 4.39 Å². The molecule has 0 atom stereocenters. The van der Waals surface area contributed by atoms with E-state index in [1.807, 2.05) is 6.92 Å². The Kier molecular flexibility index (Phi) is 6.00. The SMILES string of the molecule is CCOC(=O)C1CCC(NCc2ccc(Cl)cc2F)CC1. The lowest BCUT2D eigenvalue weighted by Crippen LogP contribution is -2.35. The molecule has 21 heavy (non-hydrogen) atoms. The van der Waals surface area contributed by atoms with E-state index in [0.717, 1.165) is 25.7 Å². The summed E-state index contributed by atoms with van der Waals surface area (Å²) in [5, 5.41) is 3.76. The van der Waals surface area contributed by atoms with Crippen molar-refractivity contribution in [1.82, 2.24) is 5.32 Å². The number of rotatable bonds is 5. The van der Waals surface area contributed by atoms with E-state index in [2.05, 4.69) is 5.32 Å². The highest BCUT2D eigenvalue weighted by atomic mass is 35.5.